The number of carboxylic acids is 1. The van der Waals surface area contributed by atoms with Gasteiger partial charge in [0.05, 0.1) is 32.6 Å². The second kappa shape index (κ2) is 8.58. The van der Waals surface area contributed by atoms with Crippen LogP contribution in [0.1, 0.15) is 43.2 Å². The van der Waals surface area contributed by atoms with Crippen LogP contribution in [0.15, 0.2) is 48.5 Å². The molecule has 2 aromatic rings. The van der Waals surface area contributed by atoms with E-state index >= 15 is 0 Å². The van der Waals surface area contributed by atoms with Crippen molar-refractivity contribution in [1.29, 1.82) is 0 Å². The number of nitrogens with zero attached hydrogens (tertiary/aromatic N) is 1. The number of fused-ring (bicyclic) bond motifs is 3. The molecule has 2 N–H and O–H groups in total. The Hall–Kier alpha value is -2.86. The largest absolute Gasteiger partial charge is 0.480 e. The molecule has 1 heterocycles. The molecule has 1 fully saturated rings. The molecule has 2 atom stereocenters. The van der Waals surface area contributed by atoms with Gasteiger partial charge in [0.1, 0.15) is 12.6 Å². The van der Waals surface area contributed by atoms with E-state index < -0.39 is 23.5 Å². The zero-order valence-corrected chi connectivity index (χ0v) is 19.1. The summed E-state index contributed by atoms with van der Waals surface area (Å²) >= 11 is 0. The molecular formula is C26H33N2O4+. The molecule has 170 valence electrons. The summed E-state index contributed by atoms with van der Waals surface area (Å²) in [6, 6.07) is 15.4. The number of hydrogen-bond donors (Lipinski definition) is 2. The summed E-state index contributed by atoms with van der Waals surface area (Å²) in [7, 11) is 4.23. The first-order valence-electron chi connectivity index (χ1n) is 11.4. The molecule has 0 spiro atoms. The lowest BCUT2D eigenvalue weighted by Gasteiger charge is -2.35. The predicted molar refractivity (Wildman–Crippen MR) is 123 cm³/mol. The maximum absolute atomic E-state index is 12.8. The Balaban J connectivity index is 1.49. The molecule has 0 saturated carbocycles. The molecule has 1 saturated heterocycles. The van der Waals surface area contributed by atoms with Gasteiger partial charge < -0.3 is 19.6 Å². The number of nitrogens with one attached hydrogen (secondary N) is 1. The van der Waals surface area contributed by atoms with Gasteiger partial charge in [-0.25, -0.2) is 9.59 Å². The maximum Gasteiger partial charge on any atom is 0.407 e. The number of quaternary nitrogens is 1. The van der Waals surface area contributed by atoms with Crippen LogP contribution in [0.25, 0.3) is 11.1 Å². The van der Waals surface area contributed by atoms with Crippen LogP contribution in [0.3, 0.4) is 0 Å². The van der Waals surface area contributed by atoms with Gasteiger partial charge in [0, 0.05) is 12.3 Å². The predicted octanol–water partition coefficient (Wildman–Crippen LogP) is 4.24. The molecule has 0 unspecified atom stereocenters. The van der Waals surface area contributed by atoms with Crippen molar-refractivity contribution in [2.24, 2.45) is 5.41 Å². The number of ether oxygens (including phenoxy) is 1. The first-order valence-corrected chi connectivity index (χ1v) is 11.4. The number of rotatable bonds is 7. The van der Waals surface area contributed by atoms with Crippen molar-refractivity contribution >= 4 is 12.1 Å². The van der Waals surface area contributed by atoms with Crippen molar-refractivity contribution in [3.8, 4) is 11.1 Å². The van der Waals surface area contributed by atoms with E-state index in [1.165, 1.54) is 0 Å². The van der Waals surface area contributed by atoms with Crippen molar-refractivity contribution < 1.29 is 23.9 Å². The molecule has 2 aliphatic rings. The van der Waals surface area contributed by atoms with Gasteiger partial charge in [0.25, 0.3) is 0 Å². The van der Waals surface area contributed by atoms with Crippen molar-refractivity contribution in [1.82, 2.24) is 5.32 Å². The van der Waals surface area contributed by atoms with E-state index in [1.54, 1.807) is 0 Å². The Kier molecular flexibility index (Phi) is 5.99. The first kappa shape index (κ1) is 22.3. The third kappa shape index (κ3) is 4.11. The number of likely N-dealkylation sites (tertiary alicyclic amines) is 1. The zero-order chi connectivity index (χ0) is 22.9. The summed E-state index contributed by atoms with van der Waals surface area (Å²) in [5.41, 5.74) is 4.12. The normalized spacial score (nSPS) is 22.1. The number of carbonyl (C=O) groups excluding carboxylic acids is 1. The van der Waals surface area contributed by atoms with Gasteiger partial charge in [-0.2, -0.15) is 0 Å². The molecule has 0 aromatic heterocycles. The highest BCUT2D eigenvalue weighted by Crippen LogP contribution is 2.45. The molecule has 0 radical (unpaired) electrons. The van der Waals surface area contributed by atoms with Gasteiger partial charge in [-0.1, -0.05) is 61.9 Å². The lowest BCUT2D eigenvalue weighted by atomic mass is 9.75. The summed E-state index contributed by atoms with van der Waals surface area (Å²) in [6.07, 6.45) is 1.74. The minimum absolute atomic E-state index is 0.0527. The van der Waals surface area contributed by atoms with Gasteiger partial charge >= 0.3 is 12.1 Å². The van der Waals surface area contributed by atoms with Gasteiger partial charge in [-0.05, 0) is 28.7 Å². The fourth-order valence-corrected chi connectivity index (χ4v) is 5.85. The highest BCUT2D eigenvalue weighted by Gasteiger charge is 2.52. The van der Waals surface area contributed by atoms with E-state index in [2.05, 4.69) is 50.6 Å². The van der Waals surface area contributed by atoms with E-state index in [0.717, 1.165) is 59.1 Å². The van der Waals surface area contributed by atoms with Crippen molar-refractivity contribution in [2.75, 3.05) is 33.8 Å². The minimum Gasteiger partial charge on any atom is -0.480 e. The average Bonchev–Trinajstić information content (AvgIpc) is 3.25. The van der Waals surface area contributed by atoms with Crippen LogP contribution in [0.2, 0.25) is 0 Å². The number of amides is 1. The second-order valence-electron chi connectivity index (χ2n) is 9.92. The van der Waals surface area contributed by atoms with Crippen molar-refractivity contribution in [3.05, 3.63) is 59.7 Å². The first-order chi connectivity index (χ1) is 15.3. The number of carboxylic acid groups (broad SMARTS) is 1. The van der Waals surface area contributed by atoms with Crippen molar-refractivity contribution in [3.63, 3.8) is 0 Å². The summed E-state index contributed by atoms with van der Waals surface area (Å²) in [5.74, 6) is -1.04. The van der Waals surface area contributed by atoms with Crippen LogP contribution in [-0.2, 0) is 9.53 Å². The smallest absolute Gasteiger partial charge is 0.407 e. The monoisotopic (exact) mass is 437 g/mol. The van der Waals surface area contributed by atoms with E-state index in [4.69, 9.17) is 4.74 Å². The van der Waals surface area contributed by atoms with Crippen LogP contribution in [0.4, 0.5) is 4.79 Å². The van der Waals surface area contributed by atoms with Gasteiger partial charge in [-0.3, -0.25) is 0 Å². The third-order valence-electron chi connectivity index (χ3n) is 7.17. The molecule has 32 heavy (non-hydrogen) atoms. The fraction of sp³-hybridized carbons (Fsp3) is 0.462. The molecule has 1 aliphatic heterocycles. The Morgan fingerprint density at radius 3 is 2.22 bits per heavy atom. The molecule has 6 nitrogen and oxygen atoms in total. The number of aliphatic carboxylic acids is 1. The van der Waals surface area contributed by atoms with Gasteiger partial charge in [0.2, 0.25) is 0 Å². The van der Waals surface area contributed by atoms with Gasteiger partial charge in [-0.15, -0.1) is 0 Å². The number of carbonyl (C=O) groups is 2. The summed E-state index contributed by atoms with van der Waals surface area (Å²) in [5, 5.41) is 12.7. The Morgan fingerprint density at radius 2 is 1.72 bits per heavy atom. The van der Waals surface area contributed by atoms with Crippen molar-refractivity contribution in [2.45, 2.75) is 38.1 Å². The Morgan fingerprint density at radius 1 is 1.12 bits per heavy atom. The molecule has 6 heteroatoms. The lowest BCUT2D eigenvalue weighted by molar-refractivity contribution is -0.881. The molecule has 1 amide bonds. The Bertz CT molecular complexity index is 973. The van der Waals surface area contributed by atoms with Gasteiger partial charge in [0.15, 0.2) is 0 Å². The quantitative estimate of drug-likeness (QED) is 0.635. The van der Waals surface area contributed by atoms with Crippen LogP contribution in [0, 0.1) is 5.41 Å². The average molecular weight is 438 g/mol. The fourth-order valence-electron chi connectivity index (χ4n) is 5.85. The van der Waals surface area contributed by atoms with E-state index in [9.17, 15) is 14.7 Å². The lowest BCUT2D eigenvalue weighted by Crippen LogP contribution is -2.55. The standard InChI is InChI=1S/C26H32N2O4/c1-4-13-26(14-15-28(2,3)17-26)23(24(29)30)27-25(31)32-16-22-20-11-7-5-9-18(20)19-10-6-8-12-21(19)22/h5-12,22-23H,4,13-17H2,1-3H3,(H-,27,29,30,31)/p+1/t23-,26+/m0/s1. The minimum atomic E-state index is -0.992. The zero-order valence-electron chi connectivity index (χ0n) is 19.1. The highest BCUT2D eigenvalue weighted by molar-refractivity contribution is 5.81. The number of alkyl carbamates (subject to hydrolysis) is 1. The molecule has 4 rings (SSSR count). The van der Waals surface area contributed by atoms with Crippen LogP contribution < -0.4 is 5.32 Å². The second-order valence-corrected chi connectivity index (χ2v) is 9.92. The molecular weight excluding hydrogens is 404 g/mol. The maximum atomic E-state index is 12.8. The number of benzene rings is 2. The third-order valence-corrected chi connectivity index (χ3v) is 7.17. The molecule has 2 aromatic carbocycles. The highest BCUT2D eigenvalue weighted by atomic mass is 16.5. The number of hydrogen-bond acceptors (Lipinski definition) is 3. The van der Waals surface area contributed by atoms with Crippen LogP contribution in [-0.4, -0.2) is 61.5 Å². The van der Waals surface area contributed by atoms with E-state index in [0.29, 0.717) is 0 Å². The topological polar surface area (TPSA) is 75.6 Å². The summed E-state index contributed by atoms with van der Waals surface area (Å²) in [6.45, 7) is 3.86. The molecule has 0 bridgehead atoms. The van der Waals surface area contributed by atoms with Crippen LogP contribution in [0.5, 0.6) is 0 Å². The summed E-state index contributed by atoms with van der Waals surface area (Å²) in [4.78, 5) is 25.0. The summed E-state index contributed by atoms with van der Waals surface area (Å²) < 4.78 is 6.40. The molecule has 1 aliphatic carbocycles. The van der Waals surface area contributed by atoms with E-state index in [1.807, 2.05) is 24.3 Å². The van der Waals surface area contributed by atoms with Crippen LogP contribution >= 0.6 is 0 Å². The Labute approximate surface area is 189 Å². The SMILES string of the molecule is CCC[C@@]1([C@@H](NC(=O)OCC2c3ccccc3-c3ccccc32)C(=O)O)CC[N+](C)(C)C1. The van der Waals surface area contributed by atoms with E-state index in [-0.39, 0.29) is 12.5 Å².